The van der Waals surface area contributed by atoms with Crippen molar-refractivity contribution in [3.63, 3.8) is 0 Å². The molecule has 88 valence electrons. The summed E-state index contributed by atoms with van der Waals surface area (Å²) in [5, 5.41) is -0.0273. The Balaban J connectivity index is 4.10. The van der Waals surface area contributed by atoms with Gasteiger partial charge >= 0.3 is 5.97 Å². The van der Waals surface area contributed by atoms with E-state index in [1.165, 1.54) is 12.7 Å². The van der Waals surface area contributed by atoms with Gasteiger partial charge in [-0.15, -0.1) is 11.8 Å². The van der Waals surface area contributed by atoms with Gasteiger partial charge in [0.2, 0.25) is 0 Å². The highest BCUT2D eigenvalue weighted by Crippen LogP contribution is 2.22. The molecule has 2 atom stereocenters. The van der Waals surface area contributed by atoms with Gasteiger partial charge in [-0.25, -0.2) is 0 Å². The van der Waals surface area contributed by atoms with E-state index in [-0.39, 0.29) is 11.2 Å². The molecule has 0 aliphatic carbocycles. The topological polar surface area (TPSA) is 26.3 Å². The van der Waals surface area contributed by atoms with Crippen molar-refractivity contribution in [2.75, 3.05) is 13.4 Å². The average molecular weight is 230 g/mol. The molecule has 2 nitrogen and oxygen atoms in total. The Bertz CT molecular complexity index is 220. The number of esters is 1. The van der Waals surface area contributed by atoms with Gasteiger partial charge in [-0.1, -0.05) is 18.6 Å². The van der Waals surface area contributed by atoms with Crippen molar-refractivity contribution in [2.45, 2.75) is 38.9 Å². The average Bonchev–Trinajstić information content (AvgIpc) is 2.18. The lowest BCUT2D eigenvalue weighted by atomic mass is 10.0. The smallest absolute Gasteiger partial charge is 0.319 e. The lowest BCUT2D eigenvalue weighted by Gasteiger charge is -2.19. The van der Waals surface area contributed by atoms with Crippen LogP contribution in [-0.2, 0) is 9.53 Å². The van der Waals surface area contributed by atoms with Gasteiger partial charge in [0.05, 0.1) is 7.11 Å². The van der Waals surface area contributed by atoms with Crippen LogP contribution in [0.4, 0.5) is 0 Å². The summed E-state index contributed by atoms with van der Waals surface area (Å²) in [5.41, 5.74) is 1.33. The lowest BCUT2D eigenvalue weighted by molar-refractivity contribution is -0.140. The van der Waals surface area contributed by atoms with E-state index in [1.54, 1.807) is 11.8 Å². The van der Waals surface area contributed by atoms with Gasteiger partial charge in [0.25, 0.3) is 0 Å². The van der Waals surface area contributed by atoms with E-state index in [9.17, 15) is 4.79 Å². The molecule has 0 aliphatic rings. The van der Waals surface area contributed by atoms with Crippen LogP contribution in [0.15, 0.2) is 11.6 Å². The van der Waals surface area contributed by atoms with E-state index >= 15 is 0 Å². The van der Waals surface area contributed by atoms with Gasteiger partial charge in [-0.05, 0) is 38.9 Å². The van der Waals surface area contributed by atoms with Crippen LogP contribution in [0.1, 0.15) is 33.6 Å². The molecule has 0 aliphatic heterocycles. The molecule has 0 aromatic rings. The number of methoxy groups -OCH3 is 1. The summed E-state index contributed by atoms with van der Waals surface area (Å²) in [4.78, 5) is 11.4. The Morgan fingerprint density at radius 1 is 1.47 bits per heavy atom. The number of ether oxygens (including phenoxy) is 1. The van der Waals surface area contributed by atoms with Crippen LogP contribution < -0.4 is 0 Å². The Labute approximate surface area is 97.5 Å². The molecule has 2 unspecified atom stereocenters. The van der Waals surface area contributed by atoms with Crippen molar-refractivity contribution in [1.82, 2.24) is 0 Å². The van der Waals surface area contributed by atoms with E-state index in [0.717, 1.165) is 12.8 Å². The fraction of sp³-hybridized carbons (Fsp3) is 0.750. The third-order valence-corrected chi connectivity index (χ3v) is 3.54. The van der Waals surface area contributed by atoms with Gasteiger partial charge in [0.15, 0.2) is 0 Å². The summed E-state index contributed by atoms with van der Waals surface area (Å²) in [7, 11) is 1.45. The number of carbonyl (C=O) groups is 1. The Morgan fingerprint density at radius 3 is 2.47 bits per heavy atom. The third-order valence-electron chi connectivity index (χ3n) is 2.38. The van der Waals surface area contributed by atoms with Crippen LogP contribution in [0.25, 0.3) is 0 Å². The SMILES string of the molecule is COC(=O)C(SC)C(C)CCC=C(C)C. The molecule has 0 fully saturated rings. The largest absolute Gasteiger partial charge is 0.468 e. The van der Waals surface area contributed by atoms with Crippen LogP contribution in [0.5, 0.6) is 0 Å². The Morgan fingerprint density at radius 2 is 2.07 bits per heavy atom. The summed E-state index contributed by atoms with van der Waals surface area (Å²) in [5.74, 6) is 0.259. The molecule has 0 radical (unpaired) electrons. The standard InChI is InChI=1S/C12H22O2S/c1-9(2)7-6-8-10(3)11(15-5)12(13)14-4/h7,10-11H,6,8H2,1-5H3. The second kappa shape index (κ2) is 7.80. The van der Waals surface area contributed by atoms with E-state index in [2.05, 4.69) is 26.8 Å². The molecule has 0 aromatic carbocycles. The van der Waals surface area contributed by atoms with Crippen molar-refractivity contribution < 1.29 is 9.53 Å². The molecule has 0 N–H and O–H groups in total. The number of carbonyl (C=O) groups excluding carboxylic acids is 1. The van der Waals surface area contributed by atoms with Gasteiger partial charge in [-0.2, -0.15) is 0 Å². The van der Waals surface area contributed by atoms with Crippen molar-refractivity contribution >= 4 is 17.7 Å². The summed E-state index contributed by atoms with van der Waals surface area (Å²) >= 11 is 1.57. The van der Waals surface area contributed by atoms with Crippen molar-refractivity contribution in [1.29, 1.82) is 0 Å². The maximum absolute atomic E-state index is 11.4. The molecule has 0 spiro atoms. The number of hydrogen-bond donors (Lipinski definition) is 0. The lowest BCUT2D eigenvalue weighted by Crippen LogP contribution is -2.25. The Hall–Kier alpha value is -0.440. The minimum absolute atomic E-state index is 0.0273. The molecule has 0 heterocycles. The quantitative estimate of drug-likeness (QED) is 0.517. The molecular formula is C12H22O2S. The number of hydrogen-bond acceptors (Lipinski definition) is 3. The first kappa shape index (κ1) is 14.6. The molecule has 0 rings (SSSR count). The highest BCUT2D eigenvalue weighted by Gasteiger charge is 2.24. The minimum atomic E-state index is -0.104. The molecule has 0 bridgehead atoms. The molecule has 0 aromatic heterocycles. The predicted octanol–water partition coefficient (Wildman–Crippen LogP) is 3.27. The monoisotopic (exact) mass is 230 g/mol. The van der Waals surface area contributed by atoms with E-state index in [0.29, 0.717) is 5.92 Å². The van der Waals surface area contributed by atoms with Crippen LogP contribution in [0.3, 0.4) is 0 Å². The molecule has 3 heteroatoms. The van der Waals surface area contributed by atoms with Crippen LogP contribution in [0.2, 0.25) is 0 Å². The maximum Gasteiger partial charge on any atom is 0.319 e. The van der Waals surface area contributed by atoms with Crippen LogP contribution in [-0.4, -0.2) is 24.6 Å². The van der Waals surface area contributed by atoms with Crippen LogP contribution >= 0.6 is 11.8 Å². The Kier molecular flexibility index (Phi) is 7.57. The van der Waals surface area contributed by atoms with Gasteiger partial charge < -0.3 is 4.74 Å². The summed E-state index contributed by atoms with van der Waals surface area (Å²) < 4.78 is 4.78. The number of allylic oxidation sites excluding steroid dienone is 2. The maximum atomic E-state index is 11.4. The van der Waals surface area contributed by atoms with E-state index in [4.69, 9.17) is 4.74 Å². The molecule has 15 heavy (non-hydrogen) atoms. The van der Waals surface area contributed by atoms with Gasteiger partial charge in [0, 0.05) is 0 Å². The first-order valence-corrected chi connectivity index (χ1v) is 6.55. The van der Waals surface area contributed by atoms with Crippen molar-refractivity contribution in [2.24, 2.45) is 5.92 Å². The highest BCUT2D eigenvalue weighted by molar-refractivity contribution is 7.99. The molecule has 0 saturated carbocycles. The first-order chi connectivity index (χ1) is 7.02. The summed E-state index contributed by atoms with van der Waals surface area (Å²) in [6.45, 7) is 6.30. The van der Waals surface area contributed by atoms with Crippen molar-refractivity contribution in [3.05, 3.63) is 11.6 Å². The van der Waals surface area contributed by atoms with Gasteiger partial charge in [0.1, 0.15) is 5.25 Å². The third kappa shape index (κ3) is 5.88. The second-order valence-corrected chi connectivity index (χ2v) is 4.99. The predicted molar refractivity (Wildman–Crippen MR) is 67.1 cm³/mol. The zero-order valence-electron chi connectivity index (χ0n) is 10.4. The van der Waals surface area contributed by atoms with Gasteiger partial charge in [-0.3, -0.25) is 4.79 Å². The fourth-order valence-electron chi connectivity index (χ4n) is 1.46. The second-order valence-electron chi connectivity index (χ2n) is 4.02. The first-order valence-electron chi connectivity index (χ1n) is 5.26. The number of thioether (sulfide) groups is 1. The zero-order valence-corrected chi connectivity index (χ0v) is 11.2. The van der Waals surface area contributed by atoms with Crippen LogP contribution in [0, 0.1) is 5.92 Å². The van der Waals surface area contributed by atoms with Crippen molar-refractivity contribution in [3.8, 4) is 0 Å². The fourth-order valence-corrected chi connectivity index (χ4v) is 2.35. The summed E-state index contributed by atoms with van der Waals surface area (Å²) in [6.07, 6.45) is 6.24. The van der Waals surface area contributed by atoms with E-state index < -0.39 is 0 Å². The van der Waals surface area contributed by atoms with E-state index in [1.807, 2.05) is 6.26 Å². The molecular weight excluding hydrogens is 208 g/mol. The number of rotatable bonds is 6. The molecule has 0 saturated heterocycles. The normalized spacial score (nSPS) is 14.2. The summed E-state index contributed by atoms with van der Waals surface area (Å²) in [6, 6.07) is 0. The highest BCUT2D eigenvalue weighted by atomic mass is 32.2. The minimum Gasteiger partial charge on any atom is -0.468 e. The zero-order chi connectivity index (χ0) is 11.8. The molecule has 0 amide bonds.